The highest BCUT2D eigenvalue weighted by molar-refractivity contribution is 5.84. The van der Waals surface area contributed by atoms with Crippen LogP contribution < -0.4 is 5.32 Å². The fraction of sp³-hybridized carbons (Fsp3) is 0.273. The molecule has 0 saturated heterocycles. The van der Waals surface area contributed by atoms with Crippen molar-refractivity contribution >= 4 is 16.7 Å². The van der Waals surface area contributed by atoms with E-state index >= 15 is 0 Å². The van der Waals surface area contributed by atoms with E-state index < -0.39 is 0 Å². The van der Waals surface area contributed by atoms with Crippen LogP contribution in [-0.4, -0.2) is 11.5 Å². The van der Waals surface area contributed by atoms with Gasteiger partial charge in [-0.1, -0.05) is 11.6 Å². The van der Waals surface area contributed by atoms with Gasteiger partial charge in [-0.05, 0) is 32.0 Å². The molecule has 0 atom stereocenters. The number of fused-ring (bicyclic) bond motifs is 1. The summed E-state index contributed by atoms with van der Waals surface area (Å²) >= 11 is 0. The minimum Gasteiger partial charge on any atom is -0.372 e. The zero-order valence-electron chi connectivity index (χ0n) is 8.02. The van der Waals surface area contributed by atoms with Crippen LogP contribution in [0.25, 0.3) is 10.9 Å². The van der Waals surface area contributed by atoms with Crippen LogP contribution >= 0.6 is 0 Å². The first kappa shape index (κ1) is 8.17. The molecule has 1 aromatic heterocycles. The lowest BCUT2D eigenvalue weighted by Gasteiger charge is -1.95. The van der Waals surface area contributed by atoms with Gasteiger partial charge >= 0.3 is 0 Å². The summed E-state index contributed by atoms with van der Waals surface area (Å²) in [4.78, 5) is 3.31. The molecule has 0 unspecified atom stereocenters. The van der Waals surface area contributed by atoms with Crippen LogP contribution in [0.5, 0.6) is 0 Å². The molecule has 0 bridgehead atoms. The Hall–Kier alpha value is -1.44. The predicted molar refractivity (Wildman–Crippen MR) is 57.2 cm³/mol. The lowest BCUT2D eigenvalue weighted by atomic mass is 10.2. The van der Waals surface area contributed by atoms with Gasteiger partial charge < -0.3 is 10.3 Å². The molecule has 0 saturated carbocycles. The fourth-order valence-electron chi connectivity index (χ4n) is 1.54. The molecule has 1 aromatic carbocycles. The molecule has 0 amide bonds. The van der Waals surface area contributed by atoms with E-state index in [0.717, 1.165) is 12.4 Å². The third-order valence-corrected chi connectivity index (χ3v) is 2.14. The second kappa shape index (κ2) is 3.13. The van der Waals surface area contributed by atoms with Gasteiger partial charge in [0, 0.05) is 17.4 Å². The number of aromatic amines is 1. The molecular formula is C11H14N2. The van der Waals surface area contributed by atoms with Crippen LogP contribution in [0.15, 0.2) is 24.3 Å². The van der Waals surface area contributed by atoms with Crippen molar-refractivity contribution in [2.75, 3.05) is 11.9 Å². The van der Waals surface area contributed by atoms with Crippen molar-refractivity contribution in [3.8, 4) is 0 Å². The van der Waals surface area contributed by atoms with Crippen LogP contribution in [0.4, 0.5) is 5.82 Å². The Kier molecular flexibility index (Phi) is 1.97. The van der Waals surface area contributed by atoms with Crippen molar-refractivity contribution in [3.63, 3.8) is 0 Å². The molecule has 0 spiro atoms. The number of nitrogens with one attached hydrogen (secondary N) is 2. The maximum absolute atomic E-state index is 3.31. The molecule has 0 aliphatic carbocycles. The summed E-state index contributed by atoms with van der Waals surface area (Å²) in [6.07, 6.45) is 0. The van der Waals surface area contributed by atoms with Crippen molar-refractivity contribution in [1.82, 2.24) is 4.98 Å². The summed E-state index contributed by atoms with van der Waals surface area (Å²) in [5.74, 6) is 1.10. The first-order valence-corrected chi connectivity index (χ1v) is 4.63. The Morgan fingerprint density at radius 3 is 2.92 bits per heavy atom. The van der Waals surface area contributed by atoms with E-state index in [9.17, 15) is 0 Å². The Morgan fingerprint density at radius 1 is 1.31 bits per heavy atom. The van der Waals surface area contributed by atoms with Crippen LogP contribution in [0.3, 0.4) is 0 Å². The van der Waals surface area contributed by atoms with Gasteiger partial charge in [0.15, 0.2) is 0 Å². The highest BCUT2D eigenvalue weighted by Crippen LogP contribution is 2.19. The summed E-state index contributed by atoms with van der Waals surface area (Å²) in [6.45, 7) is 5.15. The monoisotopic (exact) mass is 174 g/mol. The lowest BCUT2D eigenvalue weighted by molar-refractivity contribution is 1.19. The third-order valence-electron chi connectivity index (χ3n) is 2.14. The minimum atomic E-state index is 0.950. The molecule has 2 N–H and O–H groups in total. The van der Waals surface area contributed by atoms with Crippen molar-refractivity contribution in [2.24, 2.45) is 0 Å². The number of aryl methyl sites for hydroxylation is 1. The Morgan fingerprint density at radius 2 is 2.15 bits per heavy atom. The van der Waals surface area contributed by atoms with Gasteiger partial charge in [-0.25, -0.2) is 0 Å². The van der Waals surface area contributed by atoms with Crippen molar-refractivity contribution in [3.05, 3.63) is 29.8 Å². The average molecular weight is 174 g/mol. The van der Waals surface area contributed by atoms with E-state index in [-0.39, 0.29) is 0 Å². The summed E-state index contributed by atoms with van der Waals surface area (Å²) in [5.41, 5.74) is 2.50. The largest absolute Gasteiger partial charge is 0.372 e. The third kappa shape index (κ3) is 1.52. The summed E-state index contributed by atoms with van der Waals surface area (Å²) in [5, 5.41) is 4.53. The maximum Gasteiger partial charge on any atom is 0.104 e. The second-order valence-electron chi connectivity index (χ2n) is 3.30. The molecule has 2 aromatic rings. The molecule has 2 nitrogen and oxygen atoms in total. The van der Waals surface area contributed by atoms with Crippen molar-refractivity contribution in [2.45, 2.75) is 13.8 Å². The van der Waals surface area contributed by atoms with Gasteiger partial charge in [-0.2, -0.15) is 0 Å². The summed E-state index contributed by atoms with van der Waals surface area (Å²) < 4.78 is 0. The fourth-order valence-corrected chi connectivity index (χ4v) is 1.54. The number of aromatic nitrogens is 1. The molecule has 13 heavy (non-hydrogen) atoms. The quantitative estimate of drug-likeness (QED) is 0.719. The van der Waals surface area contributed by atoms with Gasteiger partial charge in [0.05, 0.1) is 0 Å². The molecule has 0 radical (unpaired) electrons. The van der Waals surface area contributed by atoms with Crippen molar-refractivity contribution in [1.29, 1.82) is 0 Å². The van der Waals surface area contributed by atoms with Gasteiger partial charge in [0.2, 0.25) is 0 Å². The highest BCUT2D eigenvalue weighted by atomic mass is 15.0. The SMILES string of the molecule is CCNc1cc2cc(C)ccc2[nH]1. The van der Waals surface area contributed by atoms with E-state index in [0.29, 0.717) is 0 Å². The van der Waals surface area contributed by atoms with Gasteiger partial charge in [0.25, 0.3) is 0 Å². The molecule has 0 aliphatic heterocycles. The number of H-pyrrole nitrogens is 1. The molecule has 1 heterocycles. The Labute approximate surface area is 78.0 Å². The van der Waals surface area contributed by atoms with Gasteiger partial charge in [0.1, 0.15) is 5.82 Å². The number of hydrogen-bond donors (Lipinski definition) is 2. The topological polar surface area (TPSA) is 27.8 Å². The van der Waals surface area contributed by atoms with Crippen molar-refractivity contribution < 1.29 is 0 Å². The molecule has 0 fully saturated rings. The number of rotatable bonds is 2. The molecule has 2 heteroatoms. The zero-order chi connectivity index (χ0) is 9.26. The van der Waals surface area contributed by atoms with Gasteiger partial charge in [-0.3, -0.25) is 0 Å². The molecule has 68 valence electrons. The van der Waals surface area contributed by atoms with Crippen LogP contribution in [0, 0.1) is 6.92 Å². The Bertz CT molecular complexity index is 415. The number of anilines is 1. The standard InChI is InChI=1S/C11H14N2/c1-3-12-11-7-9-6-8(2)4-5-10(9)13-11/h4-7,12-13H,3H2,1-2H3. The Balaban J connectivity index is 2.49. The number of hydrogen-bond acceptors (Lipinski definition) is 1. The van der Waals surface area contributed by atoms with Crippen LogP contribution in [0.1, 0.15) is 12.5 Å². The number of benzene rings is 1. The smallest absolute Gasteiger partial charge is 0.104 e. The minimum absolute atomic E-state index is 0.950. The van der Waals surface area contributed by atoms with Crippen LogP contribution in [-0.2, 0) is 0 Å². The second-order valence-corrected chi connectivity index (χ2v) is 3.30. The molecule has 0 aliphatic rings. The normalized spacial score (nSPS) is 10.6. The van der Waals surface area contributed by atoms with E-state index in [1.165, 1.54) is 16.5 Å². The molecule has 2 rings (SSSR count). The lowest BCUT2D eigenvalue weighted by Crippen LogP contribution is -1.95. The molecular weight excluding hydrogens is 160 g/mol. The first-order chi connectivity index (χ1) is 6.29. The highest BCUT2D eigenvalue weighted by Gasteiger charge is 1.98. The van der Waals surface area contributed by atoms with Crippen LogP contribution in [0.2, 0.25) is 0 Å². The summed E-state index contributed by atoms with van der Waals surface area (Å²) in [7, 11) is 0. The summed E-state index contributed by atoms with van der Waals surface area (Å²) in [6, 6.07) is 8.57. The predicted octanol–water partition coefficient (Wildman–Crippen LogP) is 2.91. The first-order valence-electron chi connectivity index (χ1n) is 4.63. The van der Waals surface area contributed by atoms with E-state index in [2.05, 4.69) is 48.4 Å². The van der Waals surface area contributed by atoms with Gasteiger partial charge in [-0.15, -0.1) is 0 Å². The zero-order valence-corrected chi connectivity index (χ0v) is 8.02. The van der Waals surface area contributed by atoms with E-state index in [1.807, 2.05) is 0 Å². The average Bonchev–Trinajstić information content (AvgIpc) is 2.46. The van der Waals surface area contributed by atoms with E-state index in [4.69, 9.17) is 0 Å². The maximum atomic E-state index is 3.31. The van der Waals surface area contributed by atoms with E-state index in [1.54, 1.807) is 0 Å².